The van der Waals surface area contributed by atoms with Gasteiger partial charge in [-0.25, -0.2) is 0 Å². The van der Waals surface area contributed by atoms with Gasteiger partial charge in [-0.05, 0) is 30.0 Å². The van der Waals surface area contributed by atoms with E-state index < -0.39 is 0 Å². The van der Waals surface area contributed by atoms with Crippen molar-refractivity contribution in [2.45, 2.75) is 32.4 Å². The van der Waals surface area contributed by atoms with E-state index in [0.29, 0.717) is 0 Å². The van der Waals surface area contributed by atoms with Gasteiger partial charge in [-0.2, -0.15) is 0 Å². The van der Waals surface area contributed by atoms with E-state index in [2.05, 4.69) is 40.3 Å². The van der Waals surface area contributed by atoms with Crippen molar-refractivity contribution in [3.8, 4) is 5.75 Å². The van der Waals surface area contributed by atoms with Crippen molar-refractivity contribution in [1.82, 2.24) is 5.32 Å². The second-order valence-corrected chi connectivity index (χ2v) is 5.77. The molecule has 16 heavy (non-hydrogen) atoms. The van der Waals surface area contributed by atoms with E-state index in [-0.39, 0.29) is 0 Å². The fourth-order valence-corrected chi connectivity index (χ4v) is 2.88. The Morgan fingerprint density at radius 3 is 3.06 bits per heavy atom. The first-order valence-electron chi connectivity index (χ1n) is 5.91. The van der Waals surface area contributed by atoms with Gasteiger partial charge in [0.25, 0.3) is 0 Å². The molecule has 0 spiro atoms. The summed E-state index contributed by atoms with van der Waals surface area (Å²) in [5.74, 6) is 1.96. The third-order valence-electron chi connectivity index (χ3n) is 3.49. The van der Waals surface area contributed by atoms with Crippen LogP contribution in [-0.4, -0.2) is 12.6 Å². The molecule has 3 heteroatoms. The maximum atomic E-state index is 5.70. The zero-order valence-electron chi connectivity index (χ0n) is 9.42. The predicted octanol–water partition coefficient (Wildman–Crippen LogP) is 2.88. The van der Waals surface area contributed by atoms with Crippen molar-refractivity contribution in [3.05, 3.63) is 27.7 Å². The van der Waals surface area contributed by atoms with E-state index in [0.717, 1.165) is 41.8 Å². The molecule has 0 amide bonds. The van der Waals surface area contributed by atoms with E-state index in [1.165, 1.54) is 17.5 Å². The molecule has 1 aliphatic heterocycles. The number of hydrogen-bond acceptors (Lipinski definition) is 2. The van der Waals surface area contributed by atoms with Gasteiger partial charge in [0.2, 0.25) is 0 Å². The van der Waals surface area contributed by atoms with Crippen LogP contribution in [0.25, 0.3) is 0 Å². The number of ether oxygens (including phenoxy) is 1. The van der Waals surface area contributed by atoms with Gasteiger partial charge in [0.05, 0.1) is 6.61 Å². The van der Waals surface area contributed by atoms with Gasteiger partial charge >= 0.3 is 0 Å². The summed E-state index contributed by atoms with van der Waals surface area (Å²) in [6.07, 6.45) is 2.36. The standard InChI is InChI=1S/C13H16BrNO/c1-8-4-12(8)15-7-10-6-11(14)5-9-2-3-16-13(9)10/h5-6,8,12,15H,2-4,7H2,1H3. The van der Waals surface area contributed by atoms with Gasteiger partial charge in [0.15, 0.2) is 0 Å². The molecule has 0 aromatic heterocycles. The van der Waals surface area contributed by atoms with Crippen LogP contribution < -0.4 is 10.1 Å². The van der Waals surface area contributed by atoms with E-state index in [1.807, 2.05) is 0 Å². The highest BCUT2D eigenvalue weighted by atomic mass is 79.9. The predicted molar refractivity (Wildman–Crippen MR) is 67.7 cm³/mol. The highest BCUT2D eigenvalue weighted by Gasteiger charge is 2.32. The summed E-state index contributed by atoms with van der Waals surface area (Å²) in [5, 5.41) is 3.58. The molecule has 1 fully saturated rings. The van der Waals surface area contributed by atoms with Crippen molar-refractivity contribution in [1.29, 1.82) is 0 Å². The van der Waals surface area contributed by atoms with Crippen molar-refractivity contribution in [2.24, 2.45) is 5.92 Å². The van der Waals surface area contributed by atoms with E-state index in [9.17, 15) is 0 Å². The van der Waals surface area contributed by atoms with Crippen molar-refractivity contribution >= 4 is 15.9 Å². The zero-order chi connectivity index (χ0) is 11.1. The molecule has 1 aliphatic carbocycles. The van der Waals surface area contributed by atoms with Crippen LogP contribution in [0.15, 0.2) is 16.6 Å². The molecule has 1 heterocycles. The monoisotopic (exact) mass is 281 g/mol. The maximum Gasteiger partial charge on any atom is 0.127 e. The minimum atomic E-state index is 0.719. The molecule has 0 saturated heterocycles. The minimum absolute atomic E-state index is 0.719. The first kappa shape index (κ1) is 10.6. The molecule has 2 atom stereocenters. The van der Waals surface area contributed by atoms with Crippen LogP contribution in [0.4, 0.5) is 0 Å². The van der Waals surface area contributed by atoms with Gasteiger partial charge in [-0.1, -0.05) is 22.9 Å². The summed E-state index contributed by atoms with van der Waals surface area (Å²) in [5.41, 5.74) is 2.64. The Labute approximate surface area is 105 Å². The van der Waals surface area contributed by atoms with Crippen LogP contribution in [0.3, 0.4) is 0 Å². The molecule has 1 saturated carbocycles. The fraction of sp³-hybridized carbons (Fsp3) is 0.538. The number of benzene rings is 1. The Morgan fingerprint density at radius 2 is 2.31 bits per heavy atom. The molecule has 2 unspecified atom stereocenters. The van der Waals surface area contributed by atoms with Crippen molar-refractivity contribution in [2.75, 3.05) is 6.61 Å². The zero-order valence-corrected chi connectivity index (χ0v) is 11.0. The Balaban J connectivity index is 1.77. The number of hydrogen-bond donors (Lipinski definition) is 1. The lowest BCUT2D eigenvalue weighted by Gasteiger charge is -2.10. The lowest BCUT2D eigenvalue weighted by molar-refractivity contribution is 0.352. The first-order valence-corrected chi connectivity index (χ1v) is 6.71. The Morgan fingerprint density at radius 1 is 1.50 bits per heavy atom. The summed E-state index contributed by atoms with van der Waals surface area (Å²) in [6, 6.07) is 5.06. The highest BCUT2D eigenvalue weighted by molar-refractivity contribution is 9.10. The van der Waals surface area contributed by atoms with Gasteiger partial charge in [0.1, 0.15) is 5.75 Å². The topological polar surface area (TPSA) is 21.3 Å². The third kappa shape index (κ3) is 1.98. The fourth-order valence-electron chi connectivity index (χ4n) is 2.32. The quantitative estimate of drug-likeness (QED) is 0.920. The Bertz CT molecular complexity index is 419. The van der Waals surface area contributed by atoms with Gasteiger partial charge < -0.3 is 10.1 Å². The van der Waals surface area contributed by atoms with Crippen LogP contribution in [0.1, 0.15) is 24.5 Å². The molecule has 1 N–H and O–H groups in total. The normalized spacial score (nSPS) is 26.4. The largest absolute Gasteiger partial charge is 0.493 e. The minimum Gasteiger partial charge on any atom is -0.493 e. The maximum absolute atomic E-state index is 5.70. The van der Waals surface area contributed by atoms with Gasteiger partial charge in [0, 0.05) is 29.0 Å². The molecular weight excluding hydrogens is 266 g/mol. The molecule has 3 rings (SSSR count). The average molecular weight is 282 g/mol. The highest BCUT2D eigenvalue weighted by Crippen LogP contribution is 2.34. The Kier molecular flexibility index (Phi) is 2.68. The summed E-state index contributed by atoms with van der Waals surface area (Å²) < 4.78 is 6.87. The number of fused-ring (bicyclic) bond motifs is 1. The van der Waals surface area contributed by atoms with E-state index in [4.69, 9.17) is 4.74 Å². The lowest BCUT2D eigenvalue weighted by Crippen LogP contribution is -2.17. The number of rotatable bonds is 3. The summed E-state index contributed by atoms with van der Waals surface area (Å²) in [7, 11) is 0. The molecule has 86 valence electrons. The van der Waals surface area contributed by atoms with Crippen LogP contribution in [0.5, 0.6) is 5.75 Å². The molecular formula is C13H16BrNO. The summed E-state index contributed by atoms with van der Waals surface area (Å²) in [6.45, 7) is 4.05. The molecule has 0 radical (unpaired) electrons. The molecule has 1 aromatic carbocycles. The molecule has 2 nitrogen and oxygen atoms in total. The molecule has 2 aliphatic rings. The SMILES string of the molecule is CC1CC1NCc1cc(Br)cc2c1OCC2. The van der Waals surface area contributed by atoms with Gasteiger partial charge in [-0.3, -0.25) is 0 Å². The molecule has 1 aromatic rings. The van der Waals surface area contributed by atoms with Crippen molar-refractivity contribution < 1.29 is 4.74 Å². The summed E-state index contributed by atoms with van der Waals surface area (Å²) >= 11 is 3.57. The second kappa shape index (κ2) is 4.04. The average Bonchev–Trinajstić information content (AvgIpc) is 2.76. The Hall–Kier alpha value is -0.540. The smallest absolute Gasteiger partial charge is 0.127 e. The lowest BCUT2D eigenvalue weighted by atomic mass is 10.1. The number of halogens is 1. The third-order valence-corrected chi connectivity index (χ3v) is 3.95. The van der Waals surface area contributed by atoms with Crippen LogP contribution >= 0.6 is 15.9 Å². The van der Waals surface area contributed by atoms with Gasteiger partial charge in [-0.15, -0.1) is 0 Å². The van der Waals surface area contributed by atoms with E-state index >= 15 is 0 Å². The summed E-state index contributed by atoms with van der Waals surface area (Å²) in [4.78, 5) is 0. The van der Waals surface area contributed by atoms with E-state index in [1.54, 1.807) is 0 Å². The molecule has 0 bridgehead atoms. The van der Waals surface area contributed by atoms with Crippen LogP contribution in [-0.2, 0) is 13.0 Å². The first-order chi connectivity index (χ1) is 7.74. The van der Waals surface area contributed by atoms with Crippen LogP contribution in [0.2, 0.25) is 0 Å². The van der Waals surface area contributed by atoms with Crippen molar-refractivity contribution in [3.63, 3.8) is 0 Å². The van der Waals surface area contributed by atoms with Crippen LogP contribution in [0, 0.1) is 5.92 Å². The second-order valence-electron chi connectivity index (χ2n) is 4.85. The number of nitrogens with one attached hydrogen (secondary N) is 1.